The standard InChI is InChI=1S/C18H21NO3/c1-21-15-6-2-5-14-13(15)7-9-18-12(11-19)4-3-8-17(14,18)10-16(20)22-18/h2,5-6,12,16,20H,3-4,7-10H2,1H3. The molecule has 2 aliphatic carbocycles. The first-order valence-electron chi connectivity index (χ1n) is 8.09. The number of hydrogen-bond donors (Lipinski definition) is 1. The minimum atomic E-state index is -0.772. The molecule has 2 fully saturated rings. The van der Waals surface area contributed by atoms with Gasteiger partial charge in [0, 0.05) is 11.8 Å². The summed E-state index contributed by atoms with van der Waals surface area (Å²) in [5, 5.41) is 20.0. The van der Waals surface area contributed by atoms with Crippen LogP contribution in [-0.2, 0) is 16.6 Å². The van der Waals surface area contributed by atoms with E-state index in [1.54, 1.807) is 7.11 Å². The molecule has 3 aliphatic rings. The second-order valence-electron chi connectivity index (χ2n) is 6.81. The quantitative estimate of drug-likeness (QED) is 0.866. The van der Waals surface area contributed by atoms with E-state index in [9.17, 15) is 10.4 Å². The van der Waals surface area contributed by atoms with Crippen LogP contribution in [-0.4, -0.2) is 24.1 Å². The van der Waals surface area contributed by atoms with Crippen molar-refractivity contribution in [2.75, 3.05) is 7.11 Å². The van der Waals surface area contributed by atoms with Gasteiger partial charge in [-0.25, -0.2) is 0 Å². The van der Waals surface area contributed by atoms with Crippen molar-refractivity contribution < 1.29 is 14.6 Å². The van der Waals surface area contributed by atoms with Crippen molar-refractivity contribution in [3.05, 3.63) is 29.3 Å². The molecule has 0 aromatic heterocycles. The fourth-order valence-corrected chi connectivity index (χ4v) is 5.33. The summed E-state index contributed by atoms with van der Waals surface area (Å²) in [5.74, 6) is 0.777. The van der Waals surface area contributed by atoms with Gasteiger partial charge in [-0.3, -0.25) is 0 Å². The monoisotopic (exact) mass is 299 g/mol. The molecule has 4 heteroatoms. The van der Waals surface area contributed by atoms with Crippen LogP contribution in [0.5, 0.6) is 5.75 Å². The predicted molar refractivity (Wildman–Crippen MR) is 80.4 cm³/mol. The third-order valence-corrected chi connectivity index (χ3v) is 6.11. The van der Waals surface area contributed by atoms with E-state index in [-0.39, 0.29) is 11.3 Å². The molecule has 4 nitrogen and oxygen atoms in total. The number of aliphatic hydroxyl groups excluding tert-OH is 1. The van der Waals surface area contributed by atoms with Gasteiger partial charge in [-0.2, -0.15) is 5.26 Å². The SMILES string of the molecule is COc1cccc2c1CCC13OC(O)CC21CCCC3C#N. The molecule has 4 rings (SSSR count). The smallest absolute Gasteiger partial charge is 0.156 e. The maximum atomic E-state index is 10.3. The number of hydrogen-bond acceptors (Lipinski definition) is 4. The van der Waals surface area contributed by atoms with Crippen LogP contribution in [0, 0.1) is 17.2 Å². The molecule has 1 heterocycles. The van der Waals surface area contributed by atoms with Gasteiger partial charge >= 0.3 is 0 Å². The first-order chi connectivity index (χ1) is 10.7. The lowest BCUT2D eigenvalue weighted by atomic mass is 9.51. The predicted octanol–water partition coefficient (Wildman–Crippen LogP) is 2.68. The van der Waals surface area contributed by atoms with Gasteiger partial charge in [-0.1, -0.05) is 18.6 Å². The lowest BCUT2D eigenvalue weighted by Gasteiger charge is -2.54. The van der Waals surface area contributed by atoms with Crippen LogP contribution in [0.2, 0.25) is 0 Å². The van der Waals surface area contributed by atoms with Crippen molar-refractivity contribution >= 4 is 0 Å². The Balaban J connectivity index is 1.95. The molecule has 1 aliphatic heterocycles. The van der Waals surface area contributed by atoms with Crippen LogP contribution in [0.25, 0.3) is 0 Å². The van der Waals surface area contributed by atoms with Crippen molar-refractivity contribution in [1.29, 1.82) is 5.26 Å². The Morgan fingerprint density at radius 3 is 3.05 bits per heavy atom. The van der Waals surface area contributed by atoms with Crippen LogP contribution in [0.15, 0.2) is 18.2 Å². The Hall–Kier alpha value is -1.57. The molecule has 1 N–H and O–H groups in total. The molecule has 0 radical (unpaired) electrons. The van der Waals surface area contributed by atoms with E-state index in [2.05, 4.69) is 12.1 Å². The number of aliphatic hydroxyl groups is 1. The van der Waals surface area contributed by atoms with Gasteiger partial charge in [0.2, 0.25) is 0 Å². The summed E-state index contributed by atoms with van der Waals surface area (Å²) in [6.45, 7) is 0. The Morgan fingerprint density at radius 2 is 2.27 bits per heavy atom. The highest BCUT2D eigenvalue weighted by atomic mass is 16.6. The summed E-state index contributed by atoms with van der Waals surface area (Å²) in [4.78, 5) is 0. The first kappa shape index (κ1) is 14.0. The van der Waals surface area contributed by atoms with Crippen LogP contribution >= 0.6 is 0 Å². The Bertz CT molecular complexity index is 652. The minimum absolute atomic E-state index is 0.141. The summed E-state index contributed by atoms with van der Waals surface area (Å²) in [6.07, 6.45) is 4.29. The highest BCUT2D eigenvalue weighted by Crippen LogP contribution is 2.63. The maximum absolute atomic E-state index is 10.3. The van der Waals surface area contributed by atoms with Gasteiger partial charge in [0.15, 0.2) is 6.29 Å². The van der Waals surface area contributed by atoms with Gasteiger partial charge in [-0.15, -0.1) is 0 Å². The molecule has 1 aromatic carbocycles. The highest BCUT2D eigenvalue weighted by molar-refractivity contribution is 5.50. The number of ether oxygens (including phenoxy) is 2. The lowest BCUT2D eigenvalue weighted by Crippen LogP contribution is -2.58. The van der Waals surface area contributed by atoms with Gasteiger partial charge in [-0.05, 0) is 42.9 Å². The van der Waals surface area contributed by atoms with Crippen molar-refractivity contribution in [2.45, 2.75) is 55.8 Å². The fraction of sp³-hybridized carbons (Fsp3) is 0.611. The fourth-order valence-electron chi connectivity index (χ4n) is 5.33. The molecule has 0 spiro atoms. The zero-order valence-electron chi connectivity index (χ0n) is 12.8. The topological polar surface area (TPSA) is 62.5 Å². The summed E-state index contributed by atoms with van der Waals surface area (Å²) in [6, 6.07) is 8.63. The normalized spacial score (nSPS) is 39.3. The summed E-state index contributed by atoms with van der Waals surface area (Å²) >= 11 is 0. The molecule has 1 saturated heterocycles. The van der Waals surface area contributed by atoms with Crippen molar-refractivity contribution in [3.63, 3.8) is 0 Å². The number of benzene rings is 1. The Kier molecular flexibility index (Phi) is 3.01. The first-order valence-corrected chi connectivity index (χ1v) is 8.09. The summed E-state index contributed by atoms with van der Waals surface area (Å²) < 4.78 is 11.6. The van der Waals surface area contributed by atoms with Crippen molar-refractivity contribution in [2.24, 2.45) is 5.92 Å². The average Bonchev–Trinajstić information content (AvgIpc) is 2.86. The molecule has 1 aromatic rings. The number of rotatable bonds is 1. The van der Waals surface area contributed by atoms with E-state index in [1.165, 1.54) is 11.1 Å². The third kappa shape index (κ3) is 1.53. The average molecular weight is 299 g/mol. The van der Waals surface area contributed by atoms with Crippen LogP contribution < -0.4 is 4.74 Å². The number of nitriles is 1. The molecule has 4 atom stereocenters. The zero-order valence-corrected chi connectivity index (χ0v) is 12.8. The number of methoxy groups -OCH3 is 1. The van der Waals surface area contributed by atoms with E-state index >= 15 is 0 Å². The van der Waals surface area contributed by atoms with Crippen LogP contribution in [0.1, 0.15) is 43.2 Å². The van der Waals surface area contributed by atoms with E-state index in [1.807, 2.05) is 12.1 Å². The molecule has 4 unspecified atom stereocenters. The lowest BCUT2D eigenvalue weighted by molar-refractivity contribution is -0.174. The van der Waals surface area contributed by atoms with Gasteiger partial charge < -0.3 is 14.6 Å². The molecule has 22 heavy (non-hydrogen) atoms. The molecule has 0 amide bonds. The molecule has 0 bridgehead atoms. The van der Waals surface area contributed by atoms with E-state index in [0.29, 0.717) is 6.42 Å². The van der Waals surface area contributed by atoms with E-state index < -0.39 is 11.9 Å². The third-order valence-electron chi connectivity index (χ3n) is 6.11. The molecule has 1 saturated carbocycles. The van der Waals surface area contributed by atoms with Gasteiger partial charge in [0.1, 0.15) is 5.75 Å². The number of fused-ring (bicyclic) bond motifs is 1. The summed E-state index contributed by atoms with van der Waals surface area (Å²) in [5.41, 5.74) is 1.69. The van der Waals surface area contributed by atoms with Crippen LogP contribution in [0.4, 0.5) is 0 Å². The second kappa shape index (κ2) is 4.71. The van der Waals surface area contributed by atoms with E-state index in [0.717, 1.165) is 37.9 Å². The van der Waals surface area contributed by atoms with Crippen molar-refractivity contribution in [3.8, 4) is 11.8 Å². The second-order valence-corrected chi connectivity index (χ2v) is 6.81. The summed E-state index contributed by atoms with van der Waals surface area (Å²) in [7, 11) is 1.70. The Labute approximate surface area is 130 Å². The largest absolute Gasteiger partial charge is 0.496 e. The molecular formula is C18H21NO3. The van der Waals surface area contributed by atoms with Gasteiger partial charge in [0.25, 0.3) is 0 Å². The maximum Gasteiger partial charge on any atom is 0.156 e. The molecular weight excluding hydrogens is 278 g/mol. The van der Waals surface area contributed by atoms with Gasteiger partial charge in [0.05, 0.1) is 24.7 Å². The highest BCUT2D eigenvalue weighted by Gasteiger charge is 2.66. The molecule has 116 valence electrons. The minimum Gasteiger partial charge on any atom is -0.496 e. The van der Waals surface area contributed by atoms with Crippen molar-refractivity contribution in [1.82, 2.24) is 0 Å². The zero-order chi connectivity index (χ0) is 15.4. The Morgan fingerprint density at radius 1 is 1.41 bits per heavy atom. The van der Waals surface area contributed by atoms with E-state index in [4.69, 9.17) is 9.47 Å². The number of nitrogens with zero attached hydrogens (tertiary/aromatic N) is 1. The van der Waals surface area contributed by atoms with Crippen LogP contribution in [0.3, 0.4) is 0 Å².